The maximum Gasteiger partial charge on any atom is 0.263 e. The average molecular weight is 226 g/mol. The molecule has 1 amide bonds. The SMILES string of the molecule is CCC(C)N(C)C(=O)c1ccc(NC)s1. The average Bonchev–Trinajstić information content (AvgIpc) is 2.74. The first-order valence-corrected chi connectivity index (χ1v) is 5.96. The van der Waals surface area contributed by atoms with E-state index in [9.17, 15) is 4.79 Å². The summed E-state index contributed by atoms with van der Waals surface area (Å²) >= 11 is 1.49. The molecule has 1 atom stereocenters. The Morgan fingerprint density at radius 1 is 1.60 bits per heavy atom. The van der Waals surface area contributed by atoms with Crippen molar-refractivity contribution < 1.29 is 4.79 Å². The molecule has 1 rings (SSSR count). The summed E-state index contributed by atoms with van der Waals surface area (Å²) in [5.41, 5.74) is 0. The summed E-state index contributed by atoms with van der Waals surface area (Å²) in [7, 11) is 3.72. The van der Waals surface area contributed by atoms with Crippen molar-refractivity contribution in [3.63, 3.8) is 0 Å². The van der Waals surface area contributed by atoms with Gasteiger partial charge in [0.15, 0.2) is 0 Å². The molecule has 84 valence electrons. The number of anilines is 1. The van der Waals surface area contributed by atoms with Gasteiger partial charge in [-0.3, -0.25) is 4.79 Å². The number of nitrogens with one attached hydrogen (secondary N) is 1. The Bertz CT molecular complexity index is 335. The van der Waals surface area contributed by atoms with Gasteiger partial charge in [-0.05, 0) is 25.5 Å². The predicted octanol–water partition coefficient (Wildman–Crippen LogP) is 2.66. The van der Waals surface area contributed by atoms with Crippen LogP contribution < -0.4 is 5.32 Å². The molecule has 0 aliphatic carbocycles. The molecule has 0 aromatic carbocycles. The van der Waals surface area contributed by atoms with Gasteiger partial charge in [-0.15, -0.1) is 11.3 Å². The molecule has 15 heavy (non-hydrogen) atoms. The monoisotopic (exact) mass is 226 g/mol. The maximum absolute atomic E-state index is 12.0. The second kappa shape index (κ2) is 5.16. The zero-order chi connectivity index (χ0) is 11.4. The van der Waals surface area contributed by atoms with Gasteiger partial charge in [-0.2, -0.15) is 0 Å². The molecular formula is C11H18N2OS. The van der Waals surface area contributed by atoms with Crippen molar-refractivity contribution in [2.24, 2.45) is 0 Å². The number of thiophene rings is 1. The number of amides is 1. The highest BCUT2D eigenvalue weighted by atomic mass is 32.1. The third-order valence-electron chi connectivity index (χ3n) is 2.64. The van der Waals surface area contributed by atoms with Crippen LogP contribution in [-0.4, -0.2) is 30.9 Å². The first kappa shape index (κ1) is 12.0. The number of hydrogen-bond acceptors (Lipinski definition) is 3. The predicted molar refractivity (Wildman–Crippen MR) is 65.7 cm³/mol. The molecule has 3 nitrogen and oxygen atoms in total. The molecule has 0 saturated heterocycles. The van der Waals surface area contributed by atoms with Crippen LogP contribution in [0.5, 0.6) is 0 Å². The van der Waals surface area contributed by atoms with Gasteiger partial charge in [-0.25, -0.2) is 0 Å². The van der Waals surface area contributed by atoms with E-state index in [1.165, 1.54) is 11.3 Å². The Balaban J connectivity index is 2.75. The number of rotatable bonds is 4. The lowest BCUT2D eigenvalue weighted by atomic mass is 10.2. The van der Waals surface area contributed by atoms with Crippen LogP contribution in [0.1, 0.15) is 29.9 Å². The summed E-state index contributed by atoms with van der Waals surface area (Å²) < 4.78 is 0. The van der Waals surface area contributed by atoms with E-state index in [0.717, 1.165) is 16.3 Å². The van der Waals surface area contributed by atoms with Crippen LogP contribution in [0, 0.1) is 0 Å². The fourth-order valence-electron chi connectivity index (χ4n) is 1.24. The molecule has 0 aliphatic heterocycles. The van der Waals surface area contributed by atoms with Crippen LogP contribution in [0.15, 0.2) is 12.1 Å². The first-order valence-electron chi connectivity index (χ1n) is 5.14. The molecule has 0 bridgehead atoms. The maximum atomic E-state index is 12.0. The normalized spacial score (nSPS) is 12.3. The summed E-state index contributed by atoms with van der Waals surface area (Å²) in [4.78, 5) is 14.6. The lowest BCUT2D eigenvalue weighted by Gasteiger charge is -2.22. The number of carbonyl (C=O) groups is 1. The molecule has 4 heteroatoms. The molecule has 0 saturated carbocycles. The van der Waals surface area contributed by atoms with Gasteiger partial charge in [0, 0.05) is 20.1 Å². The number of hydrogen-bond donors (Lipinski definition) is 1. The summed E-state index contributed by atoms with van der Waals surface area (Å²) in [5, 5.41) is 4.06. The van der Waals surface area contributed by atoms with E-state index in [0.29, 0.717) is 0 Å². The van der Waals surface area contributed by atoms with Crippen LogP contribution in [0.2, 0.25) is 0 Å². The highest BCUT2D eigenvalue weighted by Crippen LogP contribution is 2.22. The van der Waals surface area contributed by atoms with Crippen molar-refractivity contribution in [2.75, 3.05) is 19.4 Å². The molecule has 0 fully saturated rings. The Labute approximate surface area is 95.1 Å². The second-order valence-electron chi connectivity index (χ2n) is 3.59. The highest BCUT2D eigenvalue weighted by Gasteiger charge is 2.17. The van der Waals surface area contributed by atoms with Crippen molar-refractivity contribution in [3.8, 4) is 0 Å². The molecule has 0 aliphatic rings. The molecule has 1 aromatic rings. The Kier molecular flexibility index (Phi) is 4.15. The minimum absolute atomic E-state index is 0.107. The first-order chi connectivity index (χ1) is 7.10. The van der Waals surface area contributed by atoms with Gasteiger partial charge in [0.05, 0.1) is 9.88 Å². The minimum Gasteiger partial charge on any atom is -0.380 e. The van der Waals surface area contributed by atoms with Gasteiger partial charge in [0.25, 0.3) is 5.91 Å². The Hall–Kier alpha value is -1.03. The summed E-state index contributed by atoms with van der Waals surface area (Å²) in [6.45, 7) is 4.15. The van der Waals surface area contributed by atoms with Crippen molar-refractivity contribution in [1.29, 1.82) is 0 Å². The molecule has 1 unspecified atom stereocenters. The van der Waals surface area contributed by atoms with Crippen molar-refractivity contribution in [1.82, 2.24) is 4.90 Å². The Morgan fingerprint density at radius 3 is 2.73 bits per heavy atom. The second-order valence-corrected chi connectivity index (χ2v) is 4.67. The fourth-order valence-corrected chi connectivity index (χ4v) is 2.08. The minimum atomic E-state index is 0.107. The standard InChI is InChI=1S/C11H18N2OS/c1-5-8(2)13(4)11(14)9-6-7-10(12-3)15-9/h6-8,12H,5H2,1-4H3. The Morgan fingerprint density at radius 2 is 2.27 bits per heavy atom. The molecule has 0 spiro atoms. The molecule has 1 N–H and O–H groups in total. The van der Waals surface area contributed by atoms with E-state index in [1.807, 2.05) is 26.2 Å². The van der Waals surface area contributed by atoms with E-state index in [2.05, 4.69) is 19.2 Å². The zero-order valence-electron chi connectivity index (χ0n) is 9.70. The largest absolute Gasteiger partial charge is 0.380 e. The topological polar surface area (TPSA) is 32.3 Å². The highest BCUT2D eigenvalue weighted by molar-refractivity contribution is 7.17. The van der Waals surface area contributed by atoms with E-state index in [4.69, 9.17) is 0 Å². The number of nitrogens with zero attached hydrogens (tertiary/aromatic N) is 1. The van der Waals surface area contributed by atoms with E-state index in [1.54, 1.807) is 4.90 Å². The molecule has 0 radical (unpaired) electrons. The fraction of sp³-hybridized carbons (Fsp3) is 0.545. The van der Waals surface area contributed by atoms with Gasteiger partial charge in [0.2, 0.25) is 0 Å². The van der Waals surface area contributed by atoms with Crippen LogP contribution in [0.4, 0.5) is 5.00 Å². The third kappa shape index (κ3) is 2.72. The van der Waals surface area contributed by atoms with E-state index < -0.39 is 0 Å². The van der Waals surface area contributed by atoms with Crippen molar-refractivity contribution >= 4 is 22.2 Å². The van der Waals surface area contributed by atoms with Crippen LogP contribution in [-0.2, 0) is 0 Å². The molecule has 1 heterocycles. The smallest absolute Gasteiger partial charge is 0.263 e. The van der Waals surface area contributed by atoms with Crippen LogP contribution >= 0.6 is 11.3 Å². The number of carbonyl (C=O) groups excluding carboxylic acids is 1. The molecular weight excluding hydrogens is 208 g/mol. The van der Waals surface area contributed by atoms with Gasteiger partial charge >= 0.3 is 0 Å². The van der Waals surface area contributed by atoms with Crippen LogP contribution in [0.25, 0.3) is 0 Å². The van der Waals surface area contributed by atoms with Crippen molar-refractivity contribution in [3.05, 3.63) is 17.0 Å². The summed E-state index contributed by atoms with van der Waals surface area (Å²) in [6, 6.07) is 4.10. The van der Waals surface area contributed by atoms with E-state index in [-0.39, 0.29) is 11.9 Å². The lowest BCUT2D eigenvalue weighted by molar-refractivity contribution is 0.0745. The summed E-state index contributed by atoms with van der Waals surface area (Å²) in [6.07, 6.45) is 0.979. The van der Waals surface area contributed by atoms with Gasteiger partial charge in [-0.1, -0.05) is 6.92 Å². The van der Waals surface area contributed by atoms with E-state index >= 15 is 0 Å². The van der Waals surface area contributed by atoms with Crippen LogP contribution in [0.3, 0.4) is 0 Å². The lowest BCUT2D eigenvalue weighted by Crippen LogP contribution is -2.34. The zero-order valence-corrected chi connectivity index (χ0v) is 10.5. The van der Waals surface area contributed by atoms with Gasteiger partial charge in [0.1, 0.15) is 0 Å². The molecule has 1 aromatic heterocycles. The third-order valence-corrected chi connectivity index (χ3v) is 3.73. The van der Waals surface area contributed by atoms with Gasteiger partial charge < -0.3 is 10.2 Å². The quantitative estimate of drug-likeness (QED) is 0.856. The summed E-state index contributed by atoms with van der Waals surface area (Å²) in [5.74, 6) is 0.107. The van der Waals surface area contributed by atoms with Crippen molar-refractivity contribution in [2.45, 2.75) is 26.3 Å².